The highest BCUT2D eigenvalue weighted by molar-refractivity contribution is 7.15. The van der Waals surface area contributed by atoms with E-state index in [2.05, 4.69) is 47.5 Å². The van der Waals surface area contributed by atoms with Crippen molar-refractivity contribution >= 4 is 22.3 Å². The van der Waals surface area contributed by atoms with E-state index in [0.29, 0.717) is 11.7 Å². The number of piperidine rings is 1. The second kappa shape index (κ2) is 7.88. The van der Waals surface area contributed by atoms with E-state index in [9.17, 15) is 0 Å². The van der Waals surface area contributed by atoms with Gasteiger partial charge in [0.05, 0.1) is 18.1 Å². The maximum atomic E-state index is 4.64. The summed E-state index contributed by atoms with van der Waals surface area (Å²) >= 11 is 1.55. The highest BCUT2D eigenvalue weighted by Crippen LogP contribution is 2.27. The van der Waals surface area contributed by atoms with Gasteiger partial charge < -0.3 is 5.32 Å². The van der Waals surface area contributed by atoms with E-state index >= 15 is 0 Å². The summed E-state index contributed by atoms with van der Waals surface area (Å²) in [6, 6.07) is 2.03. The number of H-pyrrole nitrogens is 1. The molecule has 26 heavy (non-hydrogen) atoms. The maximum Gasteiger partial charge on any atom is 0.211 e. The molecule has 1 fully saturated rings. The van der Waals surface area contributed by atoms with Gasteiger partial charge in [0.25, 0.3) is 0 Å². The molecule has 3 aromatic heterocycles. The number of nitrogens with zero attached hydrogens (tertiary/aromatic N) is 6. The Morgan fingerprint density at radius 1 is 1.31 bits per heavy atom. The first kappa shape index (κ1) is 17.0. The minimum atomic E-state index is 0.418. The molecule has 0 amide bonds. The molecule has 0 saturated carbocycles. The zero-order chi connectivity index (χ0) is 17.8. The molecule has 8 nitrogen and oxygen atoms in total. The minimum absolute atomic E-state index is 0.418. The number of aryl methyl sites for hydroxylation is 1. The molecule has 9 heteroatoms. The van der Waals surface area contributed by atoms with Crippen molar-refractivity contribution in [2.24, 2.45) is 0 Å². The van der Waals surface area contributed by atoms with Crippen LogP contribution in [0.1, 0.15) is 42.1 Å². The van der Waals surface area contributed by atoms with Crippen LogP contribution in [0, 0.1) is 0 Å². The van der Waals surface area contributed by atoms with Crippen LogP contribution in [-0.4, -0.2) is 48.4 Å². The molecule has 4 heterocycles. The van der Waals surface area contributed by atoms with Gasteiger partial charge in [0.15, 0.2) is 5.82 Å². The van der Waals surface area contributed by atoms with Crippen LogP contribution in [0.2, 0.25) is 0 Å². The molecule has 0 aliphatic carbocycles. The summed E-state index contributed by atoms with van der Waals surface area (Å²) in [5, 5.41) is 20.2. The molecule has 1 saturated heterocycles. The average Bonchev–Trinajstić information content (AvgIpc) is 3.34. The van der Waals surface area contributed by atoms with Crippen molar-refractivity contribution in [3.8, 4) is 0 Å². The highest BCUT2D eigenvalue weighted by Gasteiger charge is 2.23. The SMILES string of the molecule is CCc1nnc(Nc2cnc([C@@H]3CCCN(Cc4ccn[nH]4)C3)cn2)s1. The van der Waals surface area contributed by atoms with Gasteiger partial charge in [-0.1, -0.05) is 18.3 Å². The van der Waals surface area contributed by atoms with E-state index in [4.69, 9.17) is 0 Å². The van der Waals surface area contributed by atoms with Crippen LogP contribution < -0.4 is 5.32 Å². The Morgan fingerprint density at radius 3 is 3.00 bits per heavy atom. The molecule has 1 atom stereocenters. The fraction of sp³-hybridized carbons (Fsp3) is 0.471. The van der Waals surface area contributed by atoms with Gasteiger partial charge in [-0.3, -0.25) is 15.0 Å². The molecule has 0 radical (unpaired) electrons. The van der Waals surface area contributed by atoms with Crippen LogP contribution in [0.4, 0.5) is 10.9 Å². The van der Waals surface area contributed by atoms with Gasteiger partial charge in [-0.05, 0) is 31.9 Å². The summed E-state index contributed by atoms with van der Waals surface area (Å²) in [7, 11) is 0. The number of hydrogen-bond acceptors (Lipinski definition) is 8. The normalized spacial score (nSPS) is 18.1. The van der Waals surface area contributed by atoms with E-state index < -0.39 is 0 Å². The molecule has 0 unspecified atom stereocenters. The lowest BCUT2D eigenvalue weighted by Gasteiger charge is -2.31. The number of likely N-dealkylation sites (tertiary alicyclic amines) is 1. The smallest absolute Gasteiger partial charge is 0.211 e. The van der Waals surface area contributed by atoms with Crippen LogP contribution in [0.25, 0.3) is 0 Å². The van der Waals surface area contributed by atoms with Crippen molar-refractivity contribution < 1.29 is 0 Å². The van der Waals surface area contributed by atoms with Crippen molar-refractivity contribution in [3.63, 3.8) is 0 Å². The standard InChI is InChI=1S/C17H22N8S/c1-2-16-23-24-17(26-16)21-15-9-18-14(8-19-15)12-4-3-7-25(10-12)11-13-5-6-20-22-13/h5-6,8-9,12H,2-4,7,10-11H2,1H3,(H,20,22)(H,19,21,24)/t12-/m1/s1. The molecule has 136 valence electrons. The molecule has 3 aromatic rings. The van der Waals surface area contributed by atoms with Crippen molar-refractivity contribution in [1.29, 1.82) is 0 Å². The first-order chi connectivity index (χ1) is 12.8. The Hall–Kier alpha value is -2.39. The fourth-order valence-corrected chi connectivity index (χ4v) is 3.91. The summed E-state index contributed by atoms with van der Waals surface area (Å²) < 4.78 is 0. The van der Waals surface area contributed by atoms with Crippen LogP contribution >= 0.6 is 11.3 Å². The van der Waals surface area contributed by atoms with Crippen molar-refractivity contribution in [1.82, 2.24) is 35.3 Å². The van der Waals surface area contributed by atoms with E-state index in [-0.39, 0.29) is 0 Å². The van der Waals surface area contributed by atoms with Gasteiger partial charge in [-0.2, -0.15) is 5.10 Å². The van der Waals surface area contributed by atoms with Crippen molar-refractivity contribution in [3.05, 3.63) is 41.1 Å². The van der Waals surface area contributed by atoms with Crippen molar-refractivity contribution in [2.75, 3.05) is 18.4 Å². The van der Waals surface area contributed by atoms with Crippen LogP contribution in [0.3, 0.4) is 0 Å². The largest absolute Gasteiger partial charge is 0.313 e. The Morgan fingerprint density at radius 2 is 2.27 bits per heavy atom. The van der Waals surface area contributed by atoms with E-state index in [1.54, 1.807) is 23.7 Å². The van der Waals surface area contributed by atoms with Gasteiger partial charge in [0.1, 0.15) is 5.01 Å². The predicted octanol–water partition coefficient (Wildman–Crippen LogP) is 2.74. The number of rotatable bonds is 6. The maximum absolute atomic E-state index is 4.64. The summed E-state index contributed by atoms with van der Waals surface area (Å²) in [5.74, 6) is 1.12. The molecule has 2 N–H and O–H groups in total. The van der Waals surface area contributed by atoms with E-state index in [0.717, 1.165) is 54.0 Å². The monoisotopic (exact) mass is 370 g/mol. The van der Waals surface area contributed by atoms with E-state index in [1.165, 1.54) is 6.42 Å². The molecular formula is C17H22N8S. The Kier molecular flexibility index (Phi) is 5.16. The Balaban J connectivity index is 1.38. The molecule has 1 aliphatic rings. The number of anilines is 2. The van der Waals surface area contributed by atoms with Crippen molar-refractivity contribution in [2.45, 2.75) is 38.6 Å². The Labute approximate surface area is 156 Å². The minimum Gasteiger partial charge on any atom is -0.313 e. The lowest BCUT2D eigenvalue weighted by Crippen LogP contribution is -2.34. The zero-order valence-electron chi connectivity index (χ0n) is 14.7. The van der Waals surface area contributed by atoms with E-state index in [1.807, 2.05) is 12.3 Å². The lowest BCUT2D eigenvalue weighted by atomic mass is 9.95. The quantitative estimate of drug-likeness (QED) is 0.689. The molecule has 0 aromatic carbocycles. The second-order valence-electron chi connectivity index (χ2n) is 6.46. The summed E-state index contributed by atoms with van der Waals surface area (Å²) in [6.45, 7) is 5.08. The third-order valence-electron chi connectivity index (χ3n) is 4.55. The molecular weight excluding hydrogens is 348 g/mol. The fourth-order valence-electron chi connectivity index (χ4n) is 3.22. The first-order valence-corrected chi connectivity index (χ1v) is 9.73. The van der Waals surface area contributed by atoms with Gasteiger partial charge in [0.2, 0.25) is 5.13 Å². The lowest BCUT2D eigenvalue weighted by molar-refractivity contribution is 0.196. The van der Waals surface area contributed by atoms with Gasteiger partial charge in [-0.15, -0.1) is 10.2 Å². The van der Waals surface area contributed by atoms with Gasteiger partial charge >= 0.3 is 0 Å². The zero-order valence-corrected chi connectivity index (χ0v) is 15.5. The summed E-state index contributed by atoms with van der Waals surface area (Å²) in [5.41, 5.74) is 2.20. The number of aromatic amines is 1. The van der Waals surface area contributed by atoms with Crippen LogP contribution in [0.5, 0.6) is 0 Å². The third kappa shape index (κ3) is 4.05. The van der Waals surface area contributed by atoms with Gasteiger partial charge in [-0.25, -0.2) is 4.98 Å². The van der Waals surface area contributed by atoms with Crippen LogP contribution in [0.15, 0.2) is 24.7 Å². The van der Waals surface area contributed by atoms with Gasteiger partial charge in [0, 0.05) is 30.9 Å². The molecule has 4 rings (SSSR count). The number of nitrogens with one attached hydrogen (secondary N) is 2. The topological polar surface area (TPSA) is 95.5 Å². The number of aromatic nitrogens is 6. The van der Waals surface area contributed by atoms with Crippen LogP contribution in [-0.2, 0) is 13.0 Å². The highest BCUT2D eigenvalue weighted by atomic mass is 32.1. The second-order valence-corrected chi connectivity index (χ2v) is 7.52. The molecule has 0 bridgehead atoms. The third-order valence-corrected chi connectivity index (χ3v) is 5.54. The first-order valence-electron chi connectivity index (χ1n) is 8.92. The Bertz CT molecular complexity index is 814. The average molecular weight is 370 g/mol. The summed E-state index contributed by atoms with van der Waals surface area (Å²) in [4.78, 5) is 11.6. The molecule has 1 aliphatic heterocycles. The molecule has 0 spiro atoms. The predicted molar refractivity (Wildman–Crippen MR) is 100 cm³/mol. The number of hydrogen-bond donors (Lipinski definition) is 2. The summed E-state index contributed by atoms with van der Waals surface area (Å²) in [6.07, 6.45) is 8.68.